The Morgan fingerprint density at radius 2 is 2.29 bits per heavy atom. The average molecular weight is 200 g/mol. The van der Waals surface area contributed by atoms with Crippen molar-refractivity contribution in [3.8, 4) is 0 Å². The van der Waals surface area contributed by atoms with Gasteiger partial charge in [0.15, 0.2) is 0 Å². The van der Waals surface area contributed by atoms with E-state index in [0.717, 1.165) is 13.1 Å². The maximum atomic E-state index is 11.5. The van der Waals surface area contributed by atoms with Gasteiger partial charge < -0.3 is 10.4 Å². The van der Waals surface area contributed by atoms with Crippen LogP contribution in [-0.4, -0.2) is 47.7 Å². The molecule has 0 aliphatic carbocycles. The molecule has 2 unspecified atom stereocenters. The molecule has 1 fully saturated rings. The number of carbonyl (C=O) groups excluding carboxylic acids is 1. The maximum absolute atomic E-state index is 11.5. The smallest absolute Gasteiger partial charge is 0.239 e. The van der Waals surface area contributed by atoms with E-state index in [4.69, 9.17) is 5.11 Å². The summed E-state index contributed by atoms with van der Waals surface area (Å²) in [7, 11) is 0. The molecule has 0 radical (unpaired) electrons. The Balaban J connectivity index is 2.63. The van der Waals surface area contributed by atoms with Gasteiger partial charge in [-0.25, -0.2) is 0 Å². The van der Waals surface area contributed by atoms with Crippen molar-refractivity contribution in [1.29, 1.82) is 0 Å². The first kappa shape index (κ1) is 11.5. The summed E-state index contributed by atoms with van der Waals surface area (Å²) in [6.45, 7) is 7.82. The highest BCUT2D eigenvalue weighted by Gasteiger charge is 2.32. The highest BCUT2D eigenvalue weighted by molar-refractivity contribution is 5.82. The van der Waals surface area contributed by atoms with Crippen LogP contribution in [0.2, 0.25) is 0 Å². The van der Waals surface area contributed by atoms with Crippen molar-refractivity contribution in [1.82, 2.24) is 10.2 Å². The van der Waals surface area contributed by atoms with Crippen LogP contribution in [0.5, 0.6) is 0 Å². The predicted octanol–water partition coefficient (Wildman–Crippen LogP) is -0.176. The second-order valence-corrected chi connectivity index (χ2v) is 4.46. The van der Waals surface area contributed by atoms with Crippen molar-refractivity contribution in [3.05, 3.63) is 0 Å². The highest BCUT2D eigenvalue weighted by Crippen LogP contribution is 2.10. The van der Waals surface area contributed by atoms with Crippen molar-refractivity contribution < 1.29 is 9.90 Å². The molecule has 2 atom stereocenters. The molecule has 0 aromatic heterocycles. The molecular weight excluding hydrogens is 180 g/mol. The Bertz CT molecular complexity index is 204. The van der Waals surface area contributed by atoms with E-state index in [1.54, 1.807) is 0 Å². The Hall–Kier alpha value is -0.610. The zero-order chi connectivity index (χ0) is 10.7. The number of amides is 1. The number of nitrogens with one attached hydrogen (secondary N) is 1. The summed E-state index contributed by atoms with van der Waals surface area (Å²) in [4.78, 5) is 13.6. The molecule has 4 heteroatoms. The van der Waals surface area contributed by atoms with Crippen molar-refractivity contribution in [2.75, 3.05) is 19.7 Å². The molecule has 0 bridgehead atoms. The monoisotopic (exact) mass is 200 g/mol. The first-order valence-electron chi connectivity index (χ1n) is 5.20. The second kappa shape index (κ2) is 4.75. The Morgan fingerprint density at radius 3 is 2.79 bits per heavy atom. The fourth-order valence-corrected chi connectivity index (χ4v) is 1.90. The number of hydrogen-bond acceptors (Lipinski definition) is 3. The van der Waals surface area contributed by atoms with Crippen molar-refractivity contribution in [2.24, 2.45) is 5.92 Å². The van der Waals surface area contributed by atoms with E-state index < -0.39 is 0 Å². The van der Waals surface area contributed by atoms with Gasteiger partial charge in [0.1, 0.15) is 6.04 Å². The molecule has 1 aliphatic rings. The first-order valence-corrected chi connectivity index (χ1v) is 5.20. The normalized spacial score (nSPS) is 29.4. The van der Waals surface area contributed by atoms with Crippen LogP contribution < -0.4 is 5.32 Å². The fourth-order valence-electron chi connectivity index (χ4n) is 1.90. The van der Waals surface area contributed by atoms with E-state index in [0.29, 0.717) is 5.92 Å². The largest absolute Gasteiger partial charge is 0.394 e. The standard InChI is InChI=1S/C10H20N2O2/c1-7(2)4-12-5-8(3)11-10(14)9(12)6-13/h7-9,13H,4-6H2,1-3H3,(H,11,14). The minimum atomic E-state index is -0.353. The Morgan fingerprint density at radius 1 is 1.64 bits per heavy atom. The molecule has 14 heavy (non-hydrogen) atoms. The van der Waals surface area contributed by atoms with Crippen molar-refractivity contribution in [3.63, 3.8) is 0 Å². The molecule has 0 aromatic rings. The third-order valence-corrected chi connectivity index (χ3v) is 2.41. The number of aliphatic hydroxyl groups is 1. The summed E-state index contributed by atoms with van der Waals surface area (Å²) >= 11 is 0. The molecule has 2 N–H and O–H groups in total. The number of nitrogens with zero attached hydrogens (tertiary/aromatic N) is 1. The zero-order valence-corrected chi connectivity index (χ0v) is 9.16. The lowest BCUT2D eigenvalue weighted by molar-refractivity contribution is -0.132. The molecule has 4 nitrogen and oxygen atoms in total. The van der Waals surface area contributed by atoms with Gasteiger partial charge in [-0.1, -0.05) is 13.8 Å². The molecular formula is C10H20N2O2. The summed E-state index contributed by atoms with van der Waals surface area (Å²) in [6, 6.07) is -0.169. The molecule has 1 aliphatic heterocycles. The molecule has 1 amide bonds. The molecule has 0 spiro atoms. The lowest BCUT2D eigenvalue weighted by atomic mass is 10.1. The van der Waals surface area contributed by atoms with E-state index in [-0.39, 0.29) is 24.6 Å². The second-order valence-electron chi connectivity index (χ2n) is 4.46. The topological polar surface area (TPSA) is 52.6 Å². The minimum Gasteiger partial charge on any atom is -0.394 e. The zero-order valence-electron chi connectivity index (χ0n) is 9.16. The van der Waals surface area contributed by atoms with Gasteiger partial charge in [-0.15, -0.1) is 0 Å². The fraction of sp³-hybridized carbons (Fsp3) is 0.900. The summed E-state index contributed by atoms with van der Waals surface area (Å²) in [5, 5.41) is 12.0. The van der Waals surface area contributed by atoms with Gasteiger partial charge in [-0.3, -0.25) is 9.69 Å². The Labute approximate surface area is 85.3 Å². The van der Waals surface area contributed by atoms with Crippen LogP contribution in [0.25, 0.3) is 0 Å². The maximum Gasteiger partial charge on any atom is 0.239 e. The molecule has 0 aromatic carbocycles. The summed E-state index contributed by atoms with van der Waals surface area (Å²) < 4.78 is 0. The first-order chi connectivity index (χ1) is 6.54. The van der Waals surface area contributed by atoms with Gasteiger partial charge in [0.05, 0.1) is 6.61 Å². The van der Waals surface area contributed by atoms with Crippen LogP contribution in [0.4, 0.5) is 0 Å². The lowest BCUT2D eigenvalue weighted by Crippen LogP contribution is -2.61. The van der Waals surface area contributed by atoms with Crippen LogP contribution in [0.3, 0.4) is 0 Å². The van der Waals surface area contributed by atoms with E-state index in [1.165, 1.54) is 0 Å². The highest BCUT2D eigenvalue weighted by atomic mass is 16.3. The summed E-state index contributed by atoms with van der Waals surface area (Å²) in [6.07, 6.45) is 0. The number of aliphatic hydroxyl groups excluding tert-OH is 1. The Kier molecular flexibility index (Phi) is 3.89. The van der Waals surface area contributed by atoms with E-state index in [2.05, 4.69) is 24.1 Å². The number of rotatable bonds is 3. The van der Waals surface area contributed by atoms with Gasteiger partial charge in [-0.2, -0.15) is 0 Å². The van der Waals surface area contributed by atoms with Gasteiger partial charge >= 0.3 is 0 Å². The third-order valence-electron chi connectivity index (χ3n) is 2.41. The SMILES string of the molecule is CC(C)CN1CC(C)NC(=O)C1CO. The van der Waals surface area contributed by atoms with E-state index in [1.807, 2.05) is 6.92 Å². The molecule has 0 saturated carbocycles. The summed E-state index contributed by atoms with van der Waals surface area (Å²) in [5.41, 5.74) is 0. The third kappa shape index (κ3) is 2.69. The van der Waals surface area contributed by atoms with Gasteiger partial charge in [0.25, 0.3) is 0 Å². The van der Waals surface area contributed by atoms with Gasteiger partial charge in [-0.05, 0) is 12.8 Å². The van der Waals surface area contributed by atoms with Crippen LogP contribution in [0.15, 0.2) is 0 Å². The van der Waals surface area contributed by atoms with Crippen LogP contribution in [-0.2, 0) is 4.79 Å². The van der Waals surface area contributed by atoms with Gasteiger partial charge in [0.2, 0.25) is 5.91 Å². The van der Waals surface area contributed by atoms with Crippen molar-refractivity contribution >= 4 is 5.91 Å². The molecule has 1 saturated heterocycles. The van der Waals surface area contributed by atoms with Gasteiger partial charge in [0, 0.05) is 19.1 Å². The van der Waals surface area contributed by atoms with Crippen molar-refractivity contribution in [2.45, 2.75) is 32.9 Å². The average Bonchev–Trinajstić information content (AvgIpc) is 2.01. The molecule has 1 heterocycles. The van der Waals surface area contributed by atoms with Crippen LogP contribution in [0.1, 0.15) is 20.8 Å². The number of carbonyl (C=O) groups is 1. The quantitative estimate of drug-likeness (QED) is 0.664. The molecule has 1 rings (SSSR count). The predicted molar refractivity (Wildman–Crippen MR) is 54.9 cm³/mol. The minimum absolute atomic E-state index is 0.0492. The number of hydrogen-bond donors (Lipinski definition) is 2. The summed E-state index contributed by atoms with van der Waals surface area (Å²) in [5.74, 6) is 0.467. The van der Waals surface area contributed by atoms with Crippen LogP contribution >= 0.6 is 0 Å². The number of piperazine rings is 1. The van der Waals surface area contributed by atoms with Crippen LogP contribution in [0, 0.1) is 5.92 Å². The van der Waals surface area contributed by atoms with E-state index in [9.17, 15) is 4.79 Å². The lowest BCUT2D eigenvalue weighted by Gasteiger charge is -2.38. The molecule has 82 valence electrons. The van der Waals surface area contributed by atoms with E-state index >= 15 is 0 Å².